The summed E-state index contributed by atoms with van der Waals surface area (Å²) in [5.74, 6) is -0.488. The second kappa shape index (κ2) is 15.5. The highest BCUT2D eigenvalue weighted by Gasteiger charge is 2.34. The van der Waals surface area contributed by atoms with Crippen molar-refractivity contribution in [2.75, 3.05) is 24.5 Å². The molecule has 0 unspecified atom stereocenters. The molecule has 0 radical (unpaired) electrons. The highest BCUT2D eigenvalue weighted by Crippen LogP contribution is 2.28. The summed E-state index contributed by atoms with van der Waals surface area (Å²) in [6.45, 7) is 1.61. The largest absolute Gasteiger partial charge is 0.494 e. The standard InChI is InChI=1S/C33H32Cl3N3O5S/c1-3-44-27-14-12-26(13-15-27)39(45(42,43)28-16-10-25(34)11-17-28)22-32(40)38(21-24-9-18-29(35)30(36)19-24)31(33(41)37-2)20-23-7-5-4-6-8-23/h4-19,31H,3,20-22H2,1-2H3,(H,37,41)/t31-/m0/s1. The number of sulfonamides is 1. The molecule has 2 amide bonds. The van der Waals surface area contributed by atoms with Crippen LogP contribution in [0.2, 0.25) is 15.1 Å². The van der Waals surface area contributed by atoms with Crippen LogP contribution in [0.1, 0.15) is 18.1 Å². The molecule has 0 bridgehead atoms. The summed E-state index contributed by atoms with van der Waals surface area (Å²) in [6.07, 6.45) is 0.181. The summed E-state index contributed by atoms with van der Waals surface area (Å²) < 4.78 is 34.7. The third kappa shape index (κ3) is 8.70. The molecule has 0 saturated carbocycles. The van der Waals surface area contributed by atoms with Crippen molar-refractivity contribution >= 4 is 62.3 Å². The lowest BCUT2D eigenvalue weighted by atomic mass is 10.0. The maximum absolute atomic E-state index is 14.4. The third-order valence-corrected chi connectivity index (χ3v) is 9.75. The summed E-state index contributed by atoms with van der Waals surface area (Å²) in [4.78, 5) is 29.0. The number of benzene rings is 4. The van der Waals surface area contributed by atoms with Crippen LogP contribution in [0.3, 0.4) is 0 Å². The monoisotopic (exact) mass is 687 g/mol. The van der Waals surface area contributed by atoms with Gasteiger partial charge in [0.25, 0.3) is 10.0 Å². The topological polar surface area (TPSA) is 96.0 Å². The van der Waals surface area contributed by atoms with Gasteiger partial charge >= 0.3 is 0 Å². The smallest absolute Gasteiger partial charge is 0.264 e. The van der Waals surface area contributed by atoms with Crippen LogP contribution in [0.25, 0.3) is 0 Å². The molecule has 0 spiro atoms. The molecule has 0 aromatic heterocycles. The van der Waals surface area contributed by atoms with E-state index in [1.165, 1.54) is 36.2 Å². The number of carbonyl (C=O) groups is 2. The lowest BCUT2D eigenvalue weighted by Gasteiger charge is -2.33. The molecule has 12 heteroatoms. The summed E-state index contributed by atoms with van der Waals surface area (Å²) in [5.41, 5.74) is 1.65. The highest BCUT2D eigenvalue weighted by atomic mass is 35.5. The minimum Gasteiger partial charge on any atom is -0.494 e. The van der Waals surface area contributed by atoms with Gasteiger partial charge in [0.05, 0.1) is 27.2 Å². The molecule has 0 aliphatic heterocycles. The van der Waals surface area contributed by atoms with Crippen molar-refractivity contribution in [1.29, 1.82) is 0 Å². The maximum Gasteiger partial charge on any atom is 0.264 e. The number of likely N-dealkylation sites (N-methyl/N-ethyl adjacent to an activating group) is 1. The second-order valence-electron chi connectivity index (χ2n) is 9.98. The van der Waals surface area contributed by atoms with E-state index in [0.717, 1.165) is 9.87 Å². The number of hydrogen-bond acceptors (Lipinski definition) is 5. The first-order valence-corrected chi connectivity index (χ1v) is 16.6. The number of nitrogens with one attached hydrogen (secondary N) is 1. The van der Waals surface area contributed by atoms with Crippen molar-refractivity contribution in [2.24, 2.45) is 0 Å². The van der Waals surface area contributed by atoms with Crippen molar-refractivity contribution in [3.63, 3.8) is 0 Å². The van der Waals surface area contributed by atoms with E-state index in [2.05, 4.69) is 5.32 Å². The lowest BCUT2D eigenvalue weighted by molar-refractivity contribution is -0.139. The van der Waals surface area contributed by atoms with E-state index in [1.807, 2.05) is 37.3 Å². The molecule has 0 saturated heterocycles. The highest BCUT2D eigenvalue weighted by molar-refractivity contribution is 7.92. The molecule has 0 aliphatic carbocycles. The molecule has 0 aliphatic rings. The number of ether oxygens (including phenoxy) is 1. The summed E-state index contributed by atoms with van der Waals surface area (Å²) in [7, 11) is -2.79. The Morgan fingerprint density at radius 1 is 0.844 bits per heavy atom. The third-order valence-electron chi connectivity index (χ3n) is 6.97. The van der Waals surface area contributed by atoms with Crippen molar-refractivity contribution in [1.82, 2.24) is 10.2 Å². The van der Waals surface area contributed by atoms with Gasteiger partial charge in [-0.15, -0.1) is 0 Å². The summed E-state index contributed by atoms with van der Waals surface area (Å²) in [5, 5.41) is 3.63. The molecule has 1 N–H and O–H groups in total. The second-order valence-corrected chi connectivity index (χ2v) is 13.1. The number of carbonyl (C=O) groups excluding carboxylic acids is 2. The van der Waals surface area contributed by atoms with Crippen molar-refractivity contribution in [2.45, 2.75) is 30.8 Å². The first-order chi connectivity index (χ1) is 21.5. The molecule has 4 aromatic rings. The van der Waals surface area contributed by atoms with Crippen LogP contribution in [0.4, 0.5) is 5.69 Å². The summed E-state index contributed by atoms with van der Waals surface area (Å²) in [6, 6.07) is 25.2. The van der Waals surface area contributed by atoms with E-state index in [1.54, 1.807) is 42.5 Å². The Balaban J connectivity index is 1.79. The molecule has 0 fully saturated rings. The molecule has 4 rings (SSSR count). The quantitative estimate of drug-likeness (QED) is 0.170. The van der Waals surface area contributed by atoms with E-state index in [4.69, 9.17) is 39.5 Å². The van der Waals surface area contributed by atoms with Gasteiger partial charge in [0.15, 0.2) is 0 Å². The molecule has 1 atom stereocenters. The van der Waals surface area contributed by atoms with Gasteiger partial charge in [-0.1, -0.05) is 71.2 Å². The number of rotatable bonds is 13. The fraction of sp³-hybridized carbons (Fsp3) is 0.212. The van der Waals surface area contributed by atoms with Gasteiger partial charge < -0.3 is 15.0 Å². The molecule has 4 aromatic carbocycles. The van der Waals surface area contributed by atoms with Gasteiger partial charge in [-0.05, 0) is 78.7 Å². The normalized spacial score (nSPS) is 11.8. The van der Waals surface area contributed by atoms with E-state index in [0.29, 0.717) is 28.0 Å². The number of hydrogen-bond donors (Lipinski definition) is 1. The van der Waals surface area contributed by atoms with Crippen LogP contribution in [0.5, 0.6) is 5.75 Å². The van der Waals surface area contributed by atoms with Crippen LogP contribution in [0, 0.1) is 0 Å². The average molecular weight is 689 g/mol. The van der Waals surface area contributed by atoms with Gasteiger partial charge in [0.1, 0.15) is 18.3 Å². The Labute approximate surface area is 278 Å². The fourth-order valence-electron chi connectivity index (χ4n) is 4.69. The number of halogens is 3. The van der Waals surface area contributed by atoms with Crippen LogP contribution in [0.15, 0.2) is 102 Å². The molecular weight excluding hydrogens is 657 g/mol. The van der Waals surface area contributed by atoms with Crippen molar-refractivity contribution < 1.29 is 22.7 Å². The minimum absolute atomic E-state index is 0.0429. The number of nitrogens with zero attached hydrogens (tertiary/aromatic N) is 2. The SMILES string of the molecule is CCOc1ccc(N(CC(=O)N(Cc2ccc(Cl)c(Cl)c2)[C@@H](Cc2ccccc2)C(=O)NC)S(=O)(=O)c2ccc(Cl)cc2)cc1. The van der Waals surface area contributed by atoms with E-state index >= 15 is 0 Å². The van der Waals surface area contributed by atoms with Crippen LogP contribution in [-0.2, 0) is 32.6 Å². The minimum atomic E-state index is -4.27. The van der Waals surface area contributed by atoms with Gasteiger partial charge in [0.2, 0.25) is 11.8 Å². The van der Waals surface area contributed by atoms with Crippen LogP contribution in [-0.4, -0.2) is 51.4 Å². The molecule has 45 heavy (non-hydrogen) atoms. The van der Waals surface area contributed by atoms with Gasteiger partial charge in [-0.3, -0.25) is 13.9 Å². The zero-order valence-electron chi connectivity index (χ0n) is 24.6. The first-order valence-electron chi connectivity index (χ1n) is 14.0. The molecule has 236 valence electrons. The van der Waals surface area contributed by atoms with Gasteiger partial charge in [-0.2, -0.15) is 0 Å². The van der Waals surface area contributed by atoms with Gasteiger partial charge in [0, 0.05) is 25.0 Å². The predicted molar refractivity (Wildman–Crippen MR) is 179 cm³/mol. The average Bonchev–Trinajstić information content (AvgIpc) is 3.04. The maximum atomic E-state index is 14.4. The first kappa shape index (κ1) is 34.1. The Kier molecular flexibility index (Phi) is 11.7. The number of anilines is 1. The van der Waals surface area contributed by atoms with E-state index < -0.39 is 34.4 Å². The van der Waals surface area contributed by atoms with Crippen molar-refractivity contribution in [3.05, 3.63) is 123 Å². The van der Waals surface area contributed by atoms with Crippen LogP contribution >= 0.6 is 34.8 Å². The Bertz CT molecular complexity index is 1720. The van der Waals surface area contributed by atoms with Crippen molar-refractivity contribution in [3.8, 4) is 5.75 Å². The predicted octanol–water partition coefficient (Wildman–Crippen LogP) is 6.63. The van der Waals surface area contributed by atoms with E-state index in [9.17, 15) is 18.0 Å². The summed E-state index contributed by atoms with van der Waals surface area (Å²) >= 11 is 18.5. The van der Waals surface area contributed by atoms with E-state index in [-0.39, 0.29) is 28.6 Å². The Morgan fingerprint density at radius 2 is 1.51 bits per heavy atom. The molecule has 0 heterocycles. The molecular formula is C33H32Cl3N3O5S. The number of amides is 2. The lowest BCUT2D eigenvalue weighted by Crippen LogP contribution is -2.53. The zero-order chi connectivity index (χ0) is 32.6. The van der Waals surface area contributed by atoms with Crippen LogP contribution < -0.4 is 14.4 Å². The fourth-order valence-corrected chi connectivity index (χ4v) is 6.55. The Hall–Kier alpha value is -3.76. The zero-order valence-corrected chi connectivity index (χ0v) is 27.7. The van der Waals surface area contributed by atoms with Gasteiger partial charge in [-0.25, -0.2) is 8.42 Å². The Morgan fingerprint density at radius 3 is 2.11 bits per heavy atom. The molecule has 8 nitrogen and oxygen atoms in total.